The molecule has 2 atom stereocenters. The Morgan fingerprint density at radius 3 is 3.21 bits per heavy atom. The maximum atomic E-state index is 5.68. The Bertz CT molecular complexity index is 316. The molecule has 1 aromatic rings. The van der Waals surface area contributed by atoms with Gasteiger partial charge in [-0.1, -0.05) is 13.8 Å². The van der Waals surface area contributed by atoms with E-state index < -0.39 is 0 Å². The minimum absolute atomic E-state index is 0.400. The van der Waals surface area contributed by atoms with E-state index >= 15 is 0 Å². The number of fused-ring (bicyclic) bond motifs is 1. The lowest BCUT2D eigenvalue weighted by molar-refractivity contribution is 0.413. The summed E-state index contributed by atoms with van der Waals surface area (Å²) in [5.74, 6) is 1.19. The Morgan fingerprint density at radius 2 is 2.50 bits per heavy atom. The summed E-state index contributed by atoms with van der Waals surface area (Å²) in [6.45, 7) is 6.29. The van der Waals surface area contributed by atoms with Crippen LogP contribution in [0.25, 0.3) is 0 Å². The number of aromatic nitrogens is 2. The Balaban J connectivity index is 2.30. The van der Waals surface area contributed by atoms with Crippen LogP contribution in [0.5, 0.6) is 0 Å². The Kier molecular flexibility index (Phi) is 2.59. The minimum atomic E-state index is 0.400. The molecule has 3 nitrogen and oxygen atoms in total. The van der Waals surface area contributed by atoms with Crippen molar-refractivity contribution < 1.29 is 0 Å². The van der Waals surface area contributed by atoms with E-state index in [1.165, 1.54) is 24.2 Å². The van der Waals surface area contributed by atoms with E-state index in [4.69, 9.17) is 5.73 Å². The molecule has 0 aliphatic carbocycles. The fourth-order valence-electron chi connectivity index (χ4n) is 2.15. The molecule has 1 aromatic heterocycles. The van der Waals surface area contributed by atoms with Crippen LogP contribution in [0.3, 0.4) is 0 Å². The van der Waals surface area contributed by atoms with Crippen LogP contribution in [-0.2, 0) is 13.0 Å². The molecule has 0 fully saturated rings. The van der Waals surface area contributed by atoms with Crippen molar-refractivity contribution >= 4 is 0 Å². The molecular formula is C11H19N3. The first kappa shape index (κ1) is 9.71. The molecular weight excluding hydrogens is 174 g/mol. The highest BCUT2D eigenvalue weighted by Crippen LogP contribution is 2.26. The topological polar surface area (TPSA) is 43.8 Å². The van der Waals surface area contributed by atoms with E-state index in [9.17, 15) is 0 Å². The van der Waals surface area contributed by atoms with E-state index in [0.717, 1.165) is 12.5 Å². The number of hydrogen-bond donors (Lipinski definition) is 1. The molecule has 0 amide bonds. The van der Waals surface area contributed by atoms with E-state index in [1.807, 2.05) is 6.33 Å². The number of aryl methyl sites for hydroxylation is 1. The van der Waals surface area contributed by atoms with E-state index in [0.29, 0.717) is 12.5 Å². The normalized spacial score (nSPS) is 23.2. The smallest absolute Gasteiger partial charge is 0.0951 e. The summed E-state index contributed by atoms with van der Waals surface area (Å²) >= 11 is 0. The molecule has 0 spiro atoms. The number of rotatable bonds is 2. The Labute approximate surface area is 85.3 Å². The van der Waals surface area contributed by atoms with Crippen LogP contribution in [0.15, 0.2) is 6.33 Å². The molecule has 2 rings (SSSR count). The second-order valence-electron chi connectivity index (χ2n) is 4.50. The van der Waals surface area contributed by atoms with Crippen LogP contribution in [-0.4, -0.2) is 16.1 Å². The van der Waals surface area contributed by atoms with Crippen molar-refractivity contribution in [2.75, 3.05) is 6.54 Å². The first-order valence-corrected chi connectivity index (χ1v) is 5.46. The number of nitrogens with zero attached hydrogens (tertiary/aromatic N) is 2. The lowest BCUT2D eigenvalue weighted by atomic mass is 9.94. The van der Waals surface area contributed by atoms with Crippen molar-refractivity contribution in [2.24, 2.45) is 11.7 Å². The molecule has 0 radical (unpaired) electrons. The lowest BCUT2D eigenvalue weighted by Gasteiger charge is -2.22. The molecule has 78 valence electrons. The Morgan fingerprint density at radius 1 is 1.71 bits per heavy atom. The third kappa shape index (κ3) is 1.57. The zero-order chi connectivity index (χ0) is 10.1. The average Bonchev–Trinajstić information content (AvgIpc) is 2.59. The van der Waals surface area contributed by atoms with Crippen molar-refractivity contribution in [3.8, 4) is 0 Å². The maximum absolute atomic E-state index is 5.68. The van der Waals surface area contributed by atoms with Gasteiger partial charge in [-0.3, -0.25) is 0 Å². The van der Waals surface area contributed by atoms with Gasteiger partial charge in [-0.2, -0.15) is 0 Å². The van der Waals surface area contributed by atoms with Crippen LogP contribution >= 0.6 is 0 Å². The van der Waals surface area contributed by atoms with Gasteiger partial charge in [0, 0.05) is 24.7 Å². The SMILES string of the molecule is CC1CCn2cnc(C(C)CN)c2C1. The lowest BCUT2D eigenvalue weighted by Crippen LogP contribution is -2.19. The van der Waals surface area contributed by atoms with Crippen molar-refractivity contribution in [3.05, 3.63) is 17.7 Å². The van der Waals surface area contributed by atoms with Gasteiger partial charge in [-0.15, -0.1) is 0 Å². The quantitative estimate of drug-likeness (QED) is 0.774. The number of imidazole rings is 1. The second-order valence-corrected chi connectivity index (χ2v) is 4.50. The van der Waals surface area contributed by atoms with Gasteiger partial charge in [0.1, 0.15) is 0 Å². The van der Waals surface area contributed by atoms with Crippen LogP contribution in [0.2, 0.25) is 0 Å². The standard InChI is InChI=1S/C11H19N3/c1-8-3-4-14-7-13-11(9(2)6-12)10(14)5-8/h7-9H,3-6,12H2,1-2H3. The van der Waals surface area contributed by atoms with Crippen LogP contribution in [0.4, 0.5) is 0 Å². The van der Waals surface area contributed by atoms with E-state index in [2.05, 4.69) is 23.4 Å². The predicted octanol–water partition coefficient (Wildman–Crippen LogP) is 1.53. The third-order valence-corrected chi connectivity index (χ3v) is 3.20. The molecule has 2 unspecified atom stereocenters. The highest BCUT2D eigenvalue weighted by atomic mass is 15.1. The fourth-order valence-corrected chi connectivity index (χ4v) is 2.15. The first-order chi connectivity index (χ1) is 6.72. The van der Waals surface area contributed by atoms with Gasteiger partial charge in [0.15, 0.2) is 0 Å². The van der Waals surface area contributed by atoms with Gasteiger partial charge in [-0.25, -0.2) is 4.98 Å². The fraction of sp³-hybridized carbons (Fsp3) is 0.727. The van der Waals surface area contributed by atoms with Crippen molar-refractivity contribution in [1.82, 2.24) is 9.55 Å². The second kappa shape index (κ2) is 3.73. The van der Waals surface area contributed by atoms with Gasteiger partial charge >= 0.3 is 0 Å². The van der Waals surface area contributed by atoms with Crippen LogP contribution in [0, 0.1) is 5.92 Å². The largest absolute Gasteiger partial charge is 0.334 e. The monoisotopic (exact) mass is 193 g/mol. The summed E-state index contributed by atoms with van der Waals surface area (Å²) in [6.07, 6.45) is 4.42. The van der Waals surface area contributed by atoms with Gasteiger partial charge in [0.05, 0.1) is 12.0 Å². The highest BCUT2D eigenvalue weighted by Gasteiger charge is 2.21. The van der Waals surface area contributed by atoms with E-state index in [-0.39, 0.29) is 0 Å². The van der Waals surface area contributed by atoms with Crippen molar-refractivity contribution in [2.45, 2.75) is 39.2 Å². The van der Waals surface area contributed by atoms with Gasteiger partial charge in [0.2, 0.25) is 0 Å². The van der Waals surface area contributed by atoms with Crippen LogP contribution < -0.4 is 5.73 Å². The summed E-state index contributed by atoms with van der Waals surface area (Å²) in [5, 5.41) is 0. The van der Waals surface area contributed by atoms with Gasteiger partial charge in [-0.05, 0) is 18.8 Å². The Hall–Kier alpha value is -0.830. The first-order valence-electron chi connectivity index (χ1n) is 5.46. The molecule has 1 aliphatic rings. The number of hydrogen-bond acceptors (Lipinski definition) is 2. The summed E-state index contributed by atoms with van der Waals surface area (Å²) < 4.78 is 2.29. The molecule has 0 bridgehead atoms. The average molecular weight is 193 g/mol. The number of nitrogens with two attached hydrogens (primary N) is 1. The highest BCUT2D eigenvalue weighted by molar-refractivity contribution is 5.19. The maximum Gasteiger partial charge on any atom is 0.0951 e. The summed E-state index contributed by atoms with van der Waals surface area (Å²) in [5.41, 5.74) is 8.32. The molecule has 1 aliphatic heterocycles. The minimum Gasteiger partial charge on any atom is -0.334 e. The molecule has 0 saturated heterocycles. The molecule has 3 heteroatoms. The van der Waals surface area contributed by atoms with Crippen molar-refractivity contribution in [3.63, 3.8) is 0 Å². The molecule has 0 aromatic carbocycles. The zero-order valence-electron chi connectivity index (χ0n) is 9.03. The molecule has 0 saturated carbocycles. The summed E-state index contributed by atoms with van der Waals surface area (Å²) in [6, 6.07) is 0. The van der Waals surface area contributed by atoms with Crippen molar-refractivity contribution in [1.29, 1.82) is 0 Å². The zero-order valence-corrected chi connectivity index (χ0v) is 9.03. The summed E-state index contributed by atoms with van der Waals surface area (Å²) in [4.78, 5) is 4.49. The van der Waals surface area contributed by atoms with Crippen LogP contribution in [0.1, 0.15) is 37.6 Å². The van der Waals surface area contributed by atoms with Gasteiger partial charge in [0.25, 0.3) is 0 Å². The molecule has 14 heavy (non-hydrogen) atoms. The predicted molar refractivity (Wildman–Crippen MR) is 57.2 cm³/mol. The summed E-state index contributed by atoms with van der Waals surface area (Å²) in [7, 11) is 0. The van der Waals surface area contributed by atoms with Gasteiger partial charge < -0.3 is 10.3 Å². The third-order valence-electron chi connectivity index (χ3n) is 3.20. The molecule has 2 N–H and O–H groups in total. The van der Waals surface area contributed by atoms with E-state index in [1.54, 1.807) is 0 Å². The molecule has 2 heterocycles.